The van der Waals surface area contributed by atoms with Gasteiger partial charge in [-0.3, -0.25) is 0 Å². The van der Waals surface area contributed by atoms with E-state index in [1.807, 2.05) is 30.3 Å². The molecule has 0 spiro atoms. The second-order valence-corrected chi connectivity index (χ2v) is 4.59. The Morgan fingerprint density at radius 3 is 2.38 bits per heavy atom. The molecule has 0 saturated carbocycles. The second kappa shape index (κ2) is 6.55. The Kier molecular flexibility index (Phi) is 4.77. The maximum atomic E-state index is 12.9. The van der Waals surface area contributed by atoms with Gasteiger partial charge in [-0.15, -0.1) is 0 Å². The largest absolute Gasteiger partial charge is 0.418 e. The molecule has 0 radical (unpaired) electrons. The van der Waals surface area contributed by atoms with Crippen LogP contribution in [0.5, 0.6) is 0 Å². The number of benzene rings is 2. The fourth-order valence-electron chi connectivity index (χ4n) is 1.74. The normalized spacial score (nSPS) is 10.7. The van der Waals surface area contributed by atoms with Gasteiger partial charge in [-0.1, -0.05) is 47.7 Å². The van der Waals surface area contributed by atoms with E-state index >= 15 is 0 Å². The SMILES string of the molecule is FC(F)(F)c1cccc(Cl)c1NCC#Cc1ccccc1. The molecule has 0 amide bonds. The lowest BCUT2D eigenvalue weighted by Gasteiger charge is -2.14. The van der Waals surface area contributed by atoms with Crippen molar-refractivity contribution in [1.29, 1.82) is 0 Å². The standard InChI is InChI=1S/C16H11ClF3N/c17-14-10-4-9-13(16(18,19)20)15(14)21-11-5-8-12-6-2-1-3-7-12/h1-4,6-7,9-10,21H,11H2. The lowest BCUT2D eigenvalue weighted by atomic mass is 10.1. The molecule has 0 aliphatic carbocycles. The van der Waals surface area contributed by atoms with E-state index in [0.717, 1.165) is 11.6 Å². The number of para-hydroxylation sites is 1. The van der Waals surface area contributed by atoms with Crippen molar-refractivity contribution in [2.75, 3.05) is 11.9 Å². The number of alkyl halides is 3. The van der Waals surface area contributed by atoms with Crippen molar-refractivity contribution < 1.29 is 13.2 Å². The van der Waals surface area contributed by atoms with Crippen LogP contribution in [0.1, 0.15) is 11.1 Å². The molecule has 0 heterocycles. The minimum Gasteiger partial charge on any atom is -0.372 e. The Morgan fingerprint density at radius 1 is 1.00 bits per heavy atom. The summed E-state index contributed by atoms with van der Waals surface area (Å²) in [6, 6.07) is 12.9. The van der Waals surface area contributed by atoms with Gasteiger partial charge in [-0.25, -0.2) is 0 Å². The van der Waals surface area contributed by atoms with Crippen molar-refractivity contribution in [1.82, 2.24) is 0 Å². The third-order valence-electron chi connectivity index (χ3n) is 2.68. The van der Waals surface area contributed by atoms with E-state index in [2.05, 4.69) is 17.2 Å². The van der Waals surface area contributed by atoms with E-state index in [9.17, 15) is 13.2 Å². The Balaban J connectivity index is 2.13. The molecule has 108 valence electrons. The van der Waals surface area contributed by atoms with Gasteiger partial charge in [0.05, 0.1) is 22.8 Å². The highest BCUT2D eigenvalue weighted by Gasteiger charge is 2.34. The van der Waals surface area contributed by atoms with Crippen LogP contribution >= 0.6 is 11.6 Å². The number of hydrogen-bond donors (Lipinski definition) is 1. The summed E-state index contributed by atoms with van der Waals surface area (Å²) in [4.78, 5) is 0. The second-order valence-electron chi connectivity index (χ2n) is 4.18. The van der Waals surface area contributed by atoms with Crippen molar-refractivity contribution in [2.24, 2.45) is 0 Å². The van der Waals surface area contributed by atoms with Gasteiger partial charge in [0.1, 0.15) is 0 Å². The zero-order chi connectivity index (χ0) is 15.3. The zero-order valence-electron chi connectivity index (χ0n) is 10.8. The fourth-order valence-corrected chi connectivity index (χ4v) is 1.98. The van der Waals surface area contributed by atoms with Crippen LogP contribution in [0.3, 0.4) is 0 Å². The highest BCUT2D eigenvalue weighted by atomic mass is 35.5. The van der Waals surface area contributed by atoms with Gasteiger partial charge in [0.15, 0.2) is 0 Å². The first-order valence-corrected chi connectivity index (χ1v) is 6.50. The summed E-state index contributed by atoms with van der Waals surface area (Å²) in [6.07, 6.45) is -4.46. The van der Waals surface area contributed by atoms with Gasteiger partial charge in [0.25, 0.3) is 0 Å². The van der Waals surface area contributed by atoms with E-state index in [1.54, 1.807) is 0 Å². The summed E-state index contributed by atoms with van der Waals surface area (Å²) in [5.74, 6) is 5.62. The predicted octanol–water partition coefficient (Wildman–Crippen LogP) is 4.82. The average molecular weight is 310 g/mol. The Hall–Kier alpha value is -2.12. The molecular weight excluding hydrogens is 299 g/mol. The molecule has 0 fully saturated rings. The maximum Gasteiger partial charge on any atom is 0.418 e. The minimum atomic E-state index is -4.46. The molecule has 2 aromatic rings. The van der Waals surface area contributed by atoms with Crippen LogP contribution in [0.4, 0.5) is 18.9 Å². The van der Waals surface area contributed by atoms with E-state index in [-0.39, 0.29) is 17.3 Å². The maximum absolute atomic E-state index is 12.9. The van der Waals surface area contributed by atoms with Crippen molar-refractivity contribution in [3.63, 3.8) is 0 Å². The Bertz CT molecular complexity index is 669. The molecule has 0 aliphatic rings. The summed E-state index contributed by atoms with van der Waals surface area (Å²) >= 11 is 5.82. The fraction of sp³-hybridized carbons (Fsp3) is 0.125. The summed E-state index contributed by atoms with van der Waals surface area (Å²) in [5, 5.41) is 2.65. The molecule has 0 saturated heterocycles. The lowest BCUT2D eigenvalue weighted by Crippen LogP contribution is -2.11. The van der Waals surface area contributed by atoms with E-state index < -0.39 is 11.7 Å². The molecule has 2 aromatic carbocycles. The van der Waals surface area contributed by atoms with Crippen LogP contribution in [0.2, 0.25) is 5.02 Å². The van der Waals surface area contributed by atoms with Crippen LogP contribution in [0.15, 0.2) is 48.5 Å². The molecular formula is C16H11ClF3N. The first-order chi connectivity index (χ1) is 9.98. The smallest absolute Gasteiger partial charge is 0.372 e. The molecule has 5 heteroatoms. The summed E-state index contributed by atoms with van der Waals surface area (Å²) in [5.41, 5.74) is -0.139. The van der Waals surface area contributed by atoms with Gasteiger partial charge in [-0.05, 0) is 24.3 Å². The Labute approximate surface area is 125 Å². The van der Waals surface area contributed by atoms with Crippen LogP contribution in [0.25, 0.3) is 0 Å². The molecule has 2 rings (SSSR count). The van der Waals surface area contributed by atoms with E-state index in [1.165, 1.54) is 12.1 Å². The highest BCUT2D eigenvalue weighted by molar-refractivity contribution is 6.33. The number of anilines is 1. The number of hydrogen-bond acceptors (Lipinski definition) is 1. The third-order valence-corrected chi connectivity index (χ3v) is 2.99. The lowest BCUT2D eigenvalue weighted by molar-refractivity contribution is -0.136. The van der Waals surface area contributed by atoms with Crippen LogP contribution < -0.4 is 5.32 Å². The number of rotatable bonds is 2. The van der Waals surface area contributed by atoms with Crippen LogP contribution in [-0.2, 0) is 6.18 Å². The first-order valence-electron chi connectivity index (χ1n) is 6.12. The molecule has 0 unspecified atom stereocenters. The van der Waals surface area contributed by atoms with Crippen molar-refractivity contribution >= 4 is 17.3 Å². The molecule has 0 atom stereocenters. The number of halogens is 4. The van der Waals surface area contributed by atoms with Gasteiger partial charge >= 0.3 is 6.18 Å². The summed E-state index contributed by atoms with van der Waals surface area (Å²) < 4.78 is 38.6. The molecule has 21 heavy (non-hydrogen) atoms. The van der Waals surface area contributed by atoms with Crippen molar-refractivity contribution in [3.05, 3.63) is 64.7 Å². The molecule has 1 nitrogen and oxygen atoms in total. The summed E-state index contributed by atoms with van der Waals surface area (Å²) in [6.45, 7) is 0.0711. The highest BCUT2D eigenvalue weighted by Crippen LogP contribution is 2.38. The van der Waals surface area contributed by atoms with Gasteiger partial charge < -0.3 is 5.32 Å². The predicted molar refractivity (Wildman–Crippen MR) is 78.3 cm³/mol. The third kappa shape index (κ3) is 4.17. The van der Waals surface area contributed by atoms with Crippen LogP contribution in [-0.4, -0.2) is 6.54 Å². The molecule has 1 N–H and O–H groups in total. The van der Waals surface area contributed by atoms with Crippen LogP contribution in [0, 0.1) is 11.8 Å². The Morgan fingerprint density at radius 2 is 1.71 bits per heavy atom. The van der Waals surface area contributed by atoms with E-state index in [0.29, 0.717) is 0 Å². The zero-order valence-corrected chi connectivity index (χ0v) is 11.6. The summed E-state index contributed by atoms with van der Waals surface area (Å²) in [7, 11) is 0. The molecule has 0 aromatic heterocycles. The van der Waals surface area contributed by atoms with E-state index in [4.69, 9.17) is 11.6 Å². The first kappa shape index (κ1) is 15.3. The molecule has 0 aliphatic heterocycles. The van der Waals surface area contributed by atoms with Gasteiger partial charge in [-0.2, -0.15) is 13.2 Å². The van der Waals surface area contributed by atoms with Crippen molar-refractivity contribution in [2.45, 2.75) is 6.18 Å². The van der Waals surface area contributed by atoms with Gasteiger partial charge in [0.2, 0.25) is 0 Å². The molecule has 0 bridgehead atoms. The minimum absolute atomic E-state index is 0.0198. The van der Waals surface area contributed by atoms with Crippen molar-refractivity contribution in [3.8, 4) is 11.8 Å². The topological polar surface area (TPSA) is 12.0 Å². The monoisotopic (exact) mass is 309 g/mol. The quantitative estimate of drug-likeness (QED) is 0.784. The average Bonchev–Trinajstić information content (AvgIpc) is 2.45. The number of nitrogens with one attached hydrogen (secondary N) is 1. The van der Waals surface area contributed by atoms with Gasteiger partial charge in [0, 0.05) is 5.56 Å².